The van der Waals surface area contributed by atoms with E-state index in [4.69, 9.17) is 0 Å². The van der Waals surface area contributed by atoms with E-state index in [2.05, 4.69) is 43.0 Å². The van der Waals surface area contributed by atoms with Gasteiger partial charge in [-0.1, -0.05) is 187 Å². The van der Waals surface area contributed by atoms with E-state index in [-0.39, 0.29) is 0 Å². The van der Waals surface area contributed by atoms with E-state index in [1.54, 1.807) is 0 Å². The molecule has 0 saturated heterocycles. The Bertz CT molecular complexity index is 516. The van der Waals surface area contributed by atoms with E-state index in [9.17, 15) is 0 Å². The fraction of sp³-hybridized carbons (Fsp3) is 0.947. The smallest absolute Gasteiger partial charge is 0.101 e. The Morgan fingerprint density at radius 2 is 0.650 bits per heavy atom. The van der Waals surface area contributed by atoms with Gasteiger partial charge in [0.05, 0.1) is 0 Å². The topological polar surface area (TPSA) is 6.48 Å². The van der Waals surface area contributed by atoms with E-state index in [1.165, 1.54) is 199 Å². The molecule has 0 bridgehead atoms. The van der Waals surface area contributed by atoms with Gasteiger partial charge in [-0.2, -0.15) is 0 Å². The third-order valence-electron chi connectivity index (χ3n) is 9.42. The second-order valence-corrected chi connectivity index (χ2v) is 13.2. The zero-order valence-corrected chi connectivity index (χ0v) is 28.3. The molecule has 40 heavy (non-hydrogen) atoms. The average Bonchev–Trinajstić information content (AvgIpc) is 3.36. The summed E-state index contributed by atoms with van der Waals surface area (Å²) in [5.41, 5.74) is 0. The van der Waals surface area contributed by atoms with Gasteiger partial charge in [0.15, 0.2) is 0 Å². The summed E-state index contributed by atoms with van der Waals surface area (Å²) < 4.78 is 0. The maximum absolute atomic E-state index is 2.66. The summed E-state index contributed by atoms with van der Waals surface area (Å²) in [6.07, 6.45) is 48.8. The van der Waals surface area contributed by atoms with Crippen molar-refractivity contribution in [3.8, 4) is 0 Å². The summed E-state index contributed by atoms with van der Waals surface area (Å²) >= 11 is 0. The van der Waals surface area contributed by atoms with Gasteiger partial charge >= 0.3 is 0 Å². The molecule has 0 amide bonds. The first-order chi connectivity index (χ1) is 19.8. The molecule has 1 heterocycles. The summed E-state index contributed by atoms with van der Waals surface area (Å²) in [7, 11) is 0. The molecule has 0 aromatic rings. The zero-order chi connectivity index (χ0) is 28.8. The Kier molecular flexibility index (Phi) is 27.9. The lowest BCUT2D eigenvalue weighted by atomic mass is 10.0. The molecule has 0 N–H and O–H groups in total. The van der Waals surface area contributed by atoms with Crippen molar-refractivity contribution < 1.29 is 0 Å². The minimum absolute atomic E-state index is 0.633. The summed E-state index contributed by atoms with van der Waals surface area (Å²) in [5.74, 6) is 0. The first-order valence-electron chi connectivity index (χ1n) is 19.0. The maximum atomic E-state index is 2.66. The predicted octanol–water partition coefficient (Wildman–Crippen LogP) is 13.2. The third kappa shape index (κ3) is 22.0. The Hall–Kier alpha value is -0.660. The Morgan fingerprint density at radius 1 is 0.350 bits per heavy atom. The van der Waals surface area contributed by atoms with E-state index in [0.717, 1.165) is 6.54 Å². The van der Waals surface area contributed by atoms with Crippen LogP contribution in [-0.2, 0) is 0 Å². The fourth-order valence-electron chi connectivity index (χ4n) is 6.62. The lowest BCUT2D eigenvalue weighted by Crippen LogP contribution is -2.38. The summed E-state index contributed by atoms with van der Waals surface area (Å²) in [6.45, 7) is 9.34. The van der Waals surface area contributed by atoms with Gasteiger partial charge in [0, 0.05) is 25.5 Å². The van der Waals surface area contributed by atoms with Gasteiger partial charge in [0.1, 0.15) is 6.17 Å². The molecule has 1 rings (SSSR count). The Morgan fingerprint density at radius 3 is 1.00 bits per heavy atom. The molecule has 0 saturated carbocycles. The highest BCUT2D eigenvalue weighted by molar-refractivity contribution is 4.96. The van der Waals surface area contributed by atoms with Crippen molar-refractivity contribution >= 4 is 0 Å². The Labute approximate surface area is 254 Å². The van der Waals surface area contributed by atoms with Crippen LogP contribution in [0.4, 0.5) is 0 Å². The van der Waals surface area contributed by atoms with Gasteiger partial charge in [0.2, 0.25) is 0 Å². The van der Waals surface area contributed by atoms with Crippen LogP contribution >= 0.6 is 0 Å². The van der Waals surface area contributed by atoms with Crippen molar-refractivity contribution in [2.45, 2.75) is 220 Å². The number of rotatable bonds is 32. The fourth-order valence-corrected chi connectivity index (χ4v) is 6.62. The normalized spacial score (nSPS) is 15.1. The lowest BCUT2D eigenvalue weighted by molar-refractivity contribution is 0.142. The largest absolute Gasteiger partial charge is 0.356 e. The van der Waals surface area contributed by atoms with Crippen molar-refractivity contribution in [2.24, 2.45) is 0 Å². The standard InChI is InChI=1S/C38H76N2/c1-4-7-9-11-13-15-17-19-21-23-25-27-29-31-33-35-40-37-36-39(6-3)38(40)34-32-30-28-26-24-22-20-18-16-14-12-10-8-5-2/h36-38H,4-35H2,1-3H3. The lowest BCUT2D eigenvalue weighted by Gasteiger charge is -2.32. The monoisotopic (exact) mass is 561 g/mol. The van der Waals surface area contributed by atoms with Gasteiger partial charge in [-0.3, -0.25) is 0 Å². The number of unbranched alkanes of at least 4 members (excludes halogenated alkanes) is 27. The van der Waals surface area contributed by atoms with Crippen LogP contribution in [0.3, 0.4) is 0 Å². The molecule has 238 valence electrons. The molecule has 0 aromatic carbocycles. The predicted molar refractivity (Wildman–Crippen MR) is 182 cm³/mol. The van der Waals surface area contributed by atoms with Gasteiger partial charge in [0.25, 0.3) is 0 Å². The van der Waals surface area contributed by atoms with Crippen molar-refractivity contribution in [1.29, 1.82) is 0 Å². The number of hydrogen-bond donors (Lipinski definition) is 0. The van der Waals surface area contributed by atoms with Crippen molar-refractivity contribution in [2.75, 3.05) is 13.1 Å². The molecule has 0 radical (unpaired) electrons. The highest BCUT2D eigenvalue weighted by Gasteiger charge is 2.23. The molecule has 1 aliphatic rings. The van der Waals surface area contributed by atoms with Crippen LogP contribution < -0.4 is 0 Å². The van der Waals surface area contributed by atoms with Gasteiger partial charge < -0.3 is 9.80 Å². The van der Waals surface area contributed by atoms with Gasteiger partial charge in [-0.05, 0) is 26.2 Å². The highest BCUT2D eigenvalue weighted by atomic mass is 15.4. The Balaban J connectivity index is 1.92. The quantitative estimate of drug-likeness (QED) is 0.0755. The van der Waals surface area contributed by atoms with Crippen LogP contribution in [0.2, 0.25) is 0 Å². The van der Waals surface area contributed by atoms with Crippen LogP contribution in [0.5, 0.6) is 0 Å². The van der Waals surface area contributed by atoms with Crippen molar-refractivity contribution in [1.82, 2.24) is 9.80 Å². The zero-order valence-electron chi connectivity index (χ0n) is 28.3. The number of nitrogens with zero attached hydrogens (tertiary/aromatic N) is 2. The third-order valence-corrected chi connectivity index (χ3v) is 9.42. The molecule has 1 unspecified atom stereocenters. The summed E-state index contributed by atoms with van der Waals surface area (Å²) in [6, 6.07) is 0. The molecule has 0 spiro atoms. The number of hydrogen-bond acceptors (Lipinski definition) is 2. The van der Waals surface area contributed by atoms with Crippen LogP contribution in [-0.4, -0.2) is 29.1 Å². The first kappa shape index (κ1) is 37.4. The SMILES string of the molecule is CCCCCCCCCCCCCCCCCN1C=CN(CC)C1CCCCCCCCCCCCCCCC. The van der Waals surface area contributed by atoms with E-state index < -0.39 is 0 Å². The molecule has 1 atom stereocenters. The van der Waals surface area contributed by atoms with Gasteiger partial charge in [-0.15, -0.1) is 0 Å². The minimum Gasteiger partial charge on any atom is -0.356 e. The van der Waals surface area contributed by atoms with Crippen molar-refractivity contribution in [3.63, 3.8) is 0 Å². The van der Waals surface area contributed by atoms with Crippen molar-refractivity contribution in [3.05, 3.63) is 12.4 Å². The van der Waals surface area contributed by atoms with E-state index >= 15 is 0 Å². The van der Waals surface area contributed by atoms with Crippen LogP contribution in [0.25, 0.3) is 0 Å². The molecule has 0 aromatic heterocycles. The first-order valence-corrected chi connectivity index (χ1v) is 19.0. The van der Waals surface area contributed by atoms with Gasteiger partial charge in [-0.25, -0.2) is 0 Å². The average molecular weight is 561 g/mol. The van der Waals surface area contributed by atoms with Crippen LogP contribution in [0.15, 0.2) is 12.4 Å². The van der Waals surface area contributed by atoms with E-state index in [1.807, 2.05) is 0 Å². The molecular formula is C38H76N2. The molecule has 2 heteroatoms. The van der Waals surface area contributed by atoms with Crippen LogP contribution in [0.1, 0.15) is 213 Å². The molecule has 1 aliphatic heterocycles. The van der Waals surface area contributed by atoms with Crippen LogP contribution in [0, 0.1) is 0 Å². The molecule has 2 nitrogen and oxygen atoms in total. The molecule has 0 fully saturated rings. The maximum Gasteiger partial charge on any atom is 0.101 e. The van der Waals surface area contributed by atoms with E-state index in [0.29, 0.717) is 6.17 Å². The molecule has 0 aliphatic carbocycles. The minimum atomic E-state index is 0.633. The highest BCUT2D eigenvalue weighted by Crippen LogP contribution is 2.23. The molecular weight excluding hydrogens is 484 g/mol. The second kappa shape index (κ2) is 29.8. The summed E-state index contributed by atoms with van der Waals surface area (Å²) in [4.78, 5) is 5.24. The second-order valence-electron chi connectivity index (χ2n) is 13.2. The summed E-state index contributed by atoms with van der Waals surface area (Å²) in [5, 5.41) is 0.